The Bertz CT molecular complexity index is 1080. The Hall–Kier alpha value is -2.22. The van der Waals surface area contributed by atoms with Crippen LogP contribution in [0.3, 0.4) is 0 Å². The van der Waals surface area contributed by atoms with Gasteiger partial charge in [0.15, 0.2) is 15.0 Å². The molecule has 0 bridgehead atoms. The molecule has 1 amide bonds. The van der Waals surface area contributed by atoms with Crippen LogP contribution in [0.4, 0.5) is 5.13 Å². The molecule has 1 aromatic heterocycles. The maximum absolute atomic E-state index is 12.3. The van der Waals surface area contributed by atoms with Crippen LogP contribution in [-0.2, 0) is 21.1 Å². The van der Waals surface area contributed by atoms with E-state index in [4.69, 9.17) is 11.6 Å². The van der Waals surface area contributed by atoms with Crippen LogP contribution in [0.2, 0.25) is 5.02 Å². The van der Waals surface area contributed by atoms with Gasteiger partial charge >= 0.3 is 0 Å². The number of nitrogens with zero attached hydrogens (tertiary/aromatic N) is 1. The quantitative estimate of drug-likeness (QED) is 0.512. The van der Waals surface area contributed by atoms with Gasteiger partial charge in [0.05, 0.1) is 16.3 Å². The molecule has 5 nitrogen and oxygen atoms in total. The van der Waals surface area contributed by atoms with Crippen molar-refractivity contribution in [3.8, 4) is 11.3 Å². The number of aryl methyl sites for hydroxylation is 1. The molecule has 0 fully saturated rings. The van der Waals surface area contributed by atoms with E-state index in [2.05, 4.69) is 29.4 Å². The van der Waals surface area contributed by atoms with Gasteiger partial charge in [-0.2, -0.15) is 0 Å². The second-order valence-electron chi connectivity index (χ2n) is 6.51. The Morgan fingerprint density at radius 1 is 1.10 bits per heavy atom. The number of halogens is 1. The van der Waals surface area contributed by atoms with E-state index >= 15 is 0 Å². The minimum Gasteiger partial charge on any atom is -0.302 e. The summed E-state index contributed by atoms with van der Waals surface area (Å²) in [6, 6.07) is 14.2. The molecule has 1 heterocycles. The molecule has 0 saturated heterocycles. The summed E-state index contributed by atoms with van der Waals surface area (Å²) in [7, 11) is -3.43. The number of carbonyl (C=O) groups excluding carboxylic acids is 1. The third kappa shape index (κ3) is 5.88. The number of anilines is 1. The summed E-state index contributed by atoms with van der Waals surface area (Å²) >= 11 is 7.13. The number of nitrogens with one attached hydrogen (secondary N) is 1. The van der Waals surface area contributed by atoms with E-state index in [1.807, 2.05) is 17.5 Å². The summed E-state index contributed by atoms with van der Waals surface area (Å²) in [5.41, 5.74) is 3.05. The van der Waals surface area contributed by atoms with Gasteiger partial charge in [-0.3, -0.25) is 4.79 Å². The molecule has 0 aliphatic carbocycles. The van der Waals surface area contributed by atoms with Crippen molar-refractivity contribution in [2.24, 2.45) is 0 Å². The highest BCUT2D eigenvalue weighted by Crippen LogP contribution is 2.25. The Kier molecular flexibility index (Phi) is 7.05. The minimum atomic E-state index is -3.43. The third-order valence-electron chi connectivity index (χ3n) is 4.40. The molecule has 0 spiro atoms. The molecule has 152 valence electrons. The highest BCUT2D eigenvalue weighted by Gasteiger charge is 2.15. The largest absolute Gasteiger partial charge is 0.302 e. The van der Waals surface area contributed by atoms with Crippen molar-refractivity contribution in [3.63, 3.8) is 0 Å². The Morgan fingerprint density at radius 2 is 1.79 bits per heavy atom. The first kappa shape index (κ1) is 21.5. The second kappa shape index (κ2) is 9.52. The second-order valence-corrected chi connectivity index (χ2v) is 9.92. The topological polar surface area (TPSA) is 76.1 Å². The molecule has 1 N–H and O–H groups in total. The van der Waals surface area contributed by atoms with E-state index in [1.54, 1.807) is 0 Å². The van der Waals surface area contributed by atoms with Gasteiger partial charge in [-0.05, 0) is 42.7 Å². The molecule has 3 rings (SSSR count). The summed E-state index contributed by atoms with van der Waals surface area (Å²) in [6.07, 6.45) is 1.31. The smallest absolute Gasteiger partial charge is 0.226 e. The number of benzene rings is 2. The van der Waals surface area contributed by atoms with E-state index in [0.29, 0.717) is 10.2 Å². The lowest BCUT2D eigenvalue weighted by molar-refractivity contribution is -0.116. The summed E-state index contributed by atoms with van der Waals surface area (Å²) in [6.45, 7) is 2.10. The van der Waals surface area contributed by atoms with Crippen molar-refractivity contribution < 1.29 is 13.2 Å². The molecule has 0 atom stereocenters. The zero-order valence-electron chi connectivity index (χ0n) is 15.9. The molecule has 0 radical (unpaired) electrons. The first-order chi connectivity index (χ1) is 13.9. The van der Waals surface area contributed by atoms with Crippen LogP contribution in [-0.4, -0.2) is 25.1 Å². The van der Waals surface area contributed by atoms with Gasteiger partial charge in [0.1, 0.15) is 0 Å². The van der Waals surface area contributed by atoms with Crippen molar-refractivity contribution in [1.29, 1.82) is 0 Å². The Labute approximate surface area is 179 Å². The van der Waals surface area contributed by atoms with E-state index in [0.717, 1.165) is 17.7 Å². The van der Waals surface area contributed by atoms with Crippen LogP contribution >= 0.6 is 22.9 Å². The minimum absolute atomic E-state index is 0.102. The normalized spacial score (nSPS) is 11.4. The first-order valence-corrected chi connectivity index (χ1v) is 12.1. The van der Waals surface area contributed by atoms with Crippen LogP contribution in [0.15, 0.2) is 58.8 Å². The average molecular weight is 449 g/mol. The fourth-order valence-electron chi connectivity index (χ4n) is 2.74. The number of hydrogen-bond acceptors (Lipinski definition) is 5. The molecular formula is C21H21ClN2O3S2. The van der Waals surface area contributed by atoms with E-state index < -0.39 is 9.84 Å². The van der Waals surface area contributed by atoms with Crippen molar-refractivity contribution in [2.75, 3.05) is 11.1 Å². The van der Waals surface area contributed by atoms with Crippen LogP contribution < -0.4 is 5.32 Å². The van der Waals surface area contributed by atoms with Gasteiger partial charge in [0.2, 0.25) is 5.91 Å². The Balaban J connectivity index is 1.52. The average Bonchev–Trinajstić information content (AvgIpc) is 3.16. The van der Waals surface area contributed by atoms with E-state index in [1.165, 1.54) is 41.2 Å². The Morgan fingerprint density at radius 3 is 2.45 bits per heavy atom. The molecule has 8 heteroatoms. The summed E-state index contributed by atoms with van der Waals surface area (Å²) < 4.78 is 24.6. The fourth-order valence-corrected chi connectivity index (χ4v) is 4.91. The molecule has 0 unspecified atom stereocenters. The van der Waals surface area contributed by atoms with Gasteiger partial charge in [0, 0.05) is 22.4 Å². The van der Waals surface area contributed by atoms with Crippen LogP contribution in [0, 0.1) is 0 Å². The molecule has 3 aromatic rings. The molecule has 2 aromatic carbocycles. The van der Waals surface area contributed by atoms with E-state index in [9.17, 15) is 13.2 Å². The molecule has 0 aliphatic heterocycles. The lowest BCUT2D eigenvalue weighted by Crippen LogP contribution is -2.14. The van der Waals surface area contributed by atoms with Crippen molar-refractivity contribution in [1.82, 2.24) is 4.98 Å². The lowest BCUT2D eigenvalue weighted by Gasteiger charge is -2.05. The van der Waals surface area contributed by atoms with Gasteiger partial charge in [-0.1, -0.05) is 42.8 Å². The number of amides is 1. The van der Waals surface area contributed by atoms with Gasteiger partial charge < -0.3 is 5.32 Å². The van der Waals surface area contributed by atoms with Crippen molar-refractivity contribution in [3.05, 3.63) is 64.5 Å². The molecule has 0 saturated carbocycles. The third-order valence-corrected chi connectivity index (χ3v) is 7.22. The number of rotatable bonds is 8. The standard InChI is InChI=1S/C21H21ClN2O3S2/c1-2-15-5-7-16(8-6-15)19-14-28-21(23-19)24-20(25)4-3-13-29(26,27)18-11-9-17(22)10-12-18/h5-12,14H,2-4,13H2,1H3,(H,23,24,25). The van der Waals surface area contributed by atoms with Crippen molar-refractivity contribution >= 4 is 43.8 Å². The number of sulfone groups is 1. The molecular weight excluding hydrogens is 428 g/mol. The number of hydrogen-bond donors (Lipinski definition) is 1. The highest BCUT2D eigenvalue weighted by atomic mass is 35.5. The first-order valence-electron chi connectivity index (χ1n) is 9.20. The number of thiazole rings is 1. The summed E-state index contributed by atoms with van der Waals surface area (Å²) in [5.74, 6) is -0.354. The fraction of sp³-hybridized carbons (Fsp3) is 0.238. The maximum Gasteiger partial charge on any atom is 0.226 e. The van der Waals surface area contributed by atoms with E-state index in [-0.39, 0.29) is 29.4 Å². The number of aromatic nitrogens is 1. The molecule has 29 heavy (non-hydrogen) atoms. The number of carbonyl (C=O) groups is 1. The maximum atomic E-state index is 12.3. The van der Waals surface area contributed by atoms with Gasteiger partial charge in [0.25, 0.3) is 0 Å². The van der Waals surface area contributed by atoms with Gasteiger partial charge in [-0.15, -0.1) is 11.3 Å². The van der Waals surface area contributed by atoms with Crippen molar-refractivity contribution in [2.45, 2.75) is 31.1 Å². The van der Waals surface area contributed by atoms with Crippen LogP contribution in [0.25, 0.3) is 11.3 Å². The monoisotopic (exact) mass is 448 g/mol. The summed E-state index contributed by atoms with van der Waals surface area (Å²) in [4.78, 5) is 16.8. The molecule has 0 aliphatic rings. The zero-order chi connectivity index (χ0) is 20.9. The van der Waals surface area contributed by atoms with Crippen LogP contribution in [0.1, 0.15) is 25.3 Å². The lowest BCUT2D eigenvalue weighted by atomic mass is 10.1. The SMILES string of the molecule is CCc1ccc(-c2csc(NC(=O)CCCS(=O)(=O)c3ccc(Cl)cc3)n2)cc1. The zero-order valence-corrected chi connectivity index (χ0v) is 18.3. The summed E-state index contributed by atoms with van der Waals surface area (Å²) in [5, 5.41) is 5.62. The predicted molar refractivity (Wildman–Crippen MR) is 118 cm³/mol. The van der Waals surface area contributed by atoms with Gasteiger partial charge in [-0.25, -0.2) is 13.4 Å². The van der Waals surface area contributed by atoms with Crippen LogP contribution in [0.5, 0.6) is 0 Å². The predicted octanol–water partition coefficient (Wildman–Crippen LogP) is 5.22. The highest BCUT2D eigenvalue weighted by molar-refractivity contribution is 7.91.